The number of aryl methyl sites for hydroxylation is 1. The monoisotopic (exact) mass is 396 g/mol. The van der Waals surface area contributed by atoms with Crippen molar-refractivity contribution in [3.8, 4) is 11.5 Å². The maximum atomic E-state index is 12.2. The first-order valence-corrected chi connectivity index (χ1v) is 10.5. The Morgan fingerprint density at radius 1 is 0.931 bits per heavy atom. The van der Waals surface area contributed by atoms with E-state index in [1.807, 2.05) is 18.2 Å². The number of methoxy groups -OCH3 is 2. The molecule has 5 heteroatoms. The van der Waals surface area contributed by atoms with Gasteiger partial charge < -0.3 is 19.7 Å². The van der Waals surface area contributed by atoms with Crippen LogP contribution in [0.5, 0.6) is 11.5 Å². The van der Waals surface area contributed by atoms with E-state index in [4.69, 9.17) is 9.47 Å². The molecule has 1 amide bonds. The number of nitrogens with zero attached hydrogens (tertiary/aromatic N) is 1. The van der Waals surface area contributed by atoms with Crippen molar-refractivity contribution < 1.29 is 14.3 Å². The lowest BCUT2D eigenvalue weighted by Crippen LogP contribution is -2.29. The van der Waals surface area contributed by atoms with Crippen molar-refractivity contribution in [2.24, 2.45) is 0 Å². The lowest BCUT2D eigenvalue weighted by molar-refractivity contribution is -0.120. The lowest BCUT2D eigenvalue weighted by atomic mass is 10.1. The predicted molar refractivity (Wildman–Crippen MR) is 117 cm³/mol. The highest BCUT2D eigenvalue weighted by Crippen LogP contribution is 2.27. The lowest BCUT2D eigenvalue weighted by Gasteiger charge is -2.28. The third-order valence-corrected chi connectivity index (χ3v) is 5.43. The summed E-state index contributed by atoms with van der Waals surface area (Å²) in [6.07, 6.45) is 6.18. The zero-order valence-corrected chi connectivity index (χ0v) is 17.6. The Bertz CT molecular complexity index is 783. The zero-order valence-electron chi connectivity index (χ0n) is 17.6. The number of carbonyl (C=O) groups excluding carboxylic acids is 1. The van der Waals surface area contributed by atoms with E-state index in [0.717, 1.165) is 18.4 Å². The zero-order chi connectivity index (χ0) is 20.5. The summed E-state index contributed by atoms with van der Waals surface area (Å²) in [5, 5.41) is 3.01. The van der Waals surface area contributed by atoms with Gasteiger partial charge in [-0.3, -0.25) is 4.79 Å². The molecule has 3 rings (SSSR count). The van der Waals surface area contributed by atoms with Crippen LogP contribution in [-0.4, -0.2) is 39.8 Å². The van der Waals surface area contributed by atoms with Gasteiger partial charge in [-0.05, 0) is 67.5 Å². The fourth-order valence-electron chi connectivity index (χ4n) is 3.78. The number of hydrogen-bond acceptors (Lipinski definition) is 4. The fraction of sp³-hybridized carbons (Fsp3) is 0.458. The average molecular weight is 397 g/mol. The number of rotatable bonds is 9. The van der Waals surface area contributed by atoms with E-state index in [0.29, 0.717) is 24.5 Å². The van der Waals surface area contributed by atoms with Gasteiger partial charge in [0, 0.05) is 25.3 Å². The summed E-state index contributed by atoms with van der Waals surface area (Å²) in [6.45, 7) is 3.02. The number of ether oxygens (including phenoxy) is 2. The van der Waals surface area contributed by atoms with Gasteiger partial charge in [-0.2, -0.15) is 0 Å². The van der Waals surface area contributed by atoms with E-state index < -0.39 is 0 Å². The normalized spacial score (nSPS) is 13.8. The van der Waals surface area contributed by atoms with Crippen molar-refractivity contribution in [2.45, 2.75) is 38.5 Å². The van der Waals surface area contributed by atoms with Gasteiger partial charge in [0.25, 0.3) is 0 Å². The van der Waals surface area contributed by atoms with Crippen LogP contribution in [0.25, 0.3) is 0 Å². The first-order chi connectivity index (χ1) is 14.2. The van der Waals surface area contributed by atoms with Gasteiger partial charge in [-0.25, -0.2) is 0 Å². The van der Waals surface area contributed by atoms with Crippen LogP contribution >= 0.6 is 0 Å². The minimum Gasteiger partial charge on any atom is -0.493 e. The Hall–Kier alpha value is -2.69. The summed E-state index contributed by atoms with van der Waals surface area (Å²) < 4.78 is 10.5. The standard InChI is InChI=1S/C24H32N2O3/c1-28-22-13-10-20(17-23(22)29-2)18-24(27)25-14-6-7-19-8-11-21(12-9-19)26-15-4-3-5-16-26/h8-13,17H,3-7,14-16,18H2,1-2H3,(H,25,27). The third-order valence-electron chi connectivity index (χ3n) is 5.43. The molecule has 0 bridgehead atoms. The summed E-state index contributed by atoms with van der Waals surface area (Å²) in [5.74, 6) is 1.34. The van der Waals surface area contributed by atoms with Crippen LogP contribution in [0.1, 0.15) is 36.8 Å². The van der Waals surface area contributed by atoms with Crippen LogP contribution in [0.2, 0.25) is 0 Å². The van der Waals surface area contributed by atoms with E-state index in [1.54, 1.807) is 14.2 Å². The van der Waals surface area contributed by atoms with Gasteiger partial charge in [0.1, 0.15) is 0 Å². The molecule has 2 aromatic carbocycles. The second-order valence-electron chi connectivity index (χ2n) is 7.53. The highest BCUT2D eigenvalue weighted by atomic mass is 16.5. The van der Waals surface area contributed by atoms with E-state index in [9.17, 15) is 4.79 Å². The first-order valence-electron chi connectivity index (χ1n) is 10.5. The SMILES string of the molecule is COc1ccc(CC(=O)NCCCc2ccc(N3CCCCC3)cc2)cc1OC. The molecule has 0 aromatic heterocycles. The van der Waals surface area contributed by atoms with Gasteiger partial charge in [-0.1, -0.05) is 18.2 Å². The molecule has 1 saturated heterocycles. The Balaban J connectivity index is 1.39. The second-order valence-corrected chi connectivity index (χ2v) is 7.53. The largest absolute Gasteiger partial charge is 0.493 e. The topological polar surface area (TPSA) is 50.8 Å². The number of benzene rings is 2. The van der Waals surface area contributed by atoms with Gasteiger partial charge in [0.2, 0.25) is 5.91 Å². The molecule has 0 saturated carbocycles. The van der Waals surface area contributed by atoms with Crippen molar-refractivity contribution in [2.75, 3.05) is 38.8 Å². The Morgan fingerprint density at radius 2 is 1.62 bits per heavy atom. The van der Waals surface area contributed by atoms with Crippen LogP contribution in [-0.2, 0) is 17.6 Å². The number of amides is 1. The van der Waals surface area contributed by atoms with Crippen molar-refractivity contribution in [3.63, 3.8) is 0 Å². The van der Waals surface area contributed by atoms with Crippen LogP contribution in [0.3, 0.4) is 0 Å². The van der Waals surface area contributed by atoms with Crippen molar-refractivity contribution in [1.29, 1.82) is 0 Å². The van der Waals surface area contributed by atoms with Gasteiger partial charge >= 0.3 is 0 Å². The summed E-state index contributed by atoms with van der Waals surface area (Å²) in [6, 6.07) is 14.5. The van der Waals surface area contributed by atoms with Crippen molar-refractivity contribution in [1.82, 2.24) is 5.32 Å². The molecule has 1 N–H and O–H groups in total. The maximum Gasteiger partial charge on any atom is 0.224 e. The predicted octanol–water partition coefficient (Wildman–Crippen LogP) is 3.99. The molecular weight excluding hydrogens is 364 g/mol. The highest BCUT2D eigenvalue weighted by molar-refractivity contribution is 5.78. The number of piperidine rings is 1. The molecule has 0 spiro atoms. The van der Waals surface area contributed by atoms with Crippen LogP contribution in [0, 0.1) is 0 Å². The molecule has 29 heavy (non-hydrogen) atoms. The molecule has 2 aromatic rings. The smallest absolute Gasteiger partial charge is 0.224 e. The van der Waals surface area contributed by atoms with E-state index in [2.05, 4.69) is 34.5 Å². The summed E-state index contributed by atoms with van der Waals surface area (Å²) in [7, 11) is 3.20. The first kappa shape index (κ1) is 21.0. The molecule has 0 atom stereocenters. The molecule has 0 aliphatic carbocycles. The molecule has 156 valence electrons. The Labute approximate surface area is 174 Å². The minimum atomic E-state index is 0.0256. The van der Waals surface area contributed by atoms with Crippen molar-refractivity contribution >= 4 is 11.6 Å². The van der Waals surface area contributed by atoms with Gasteiger partial charge in [0.05, 0.1) is 20.6 Å². The fourth-order valence-corrected chi connectivity index (χ4v) is 3.78. The minimum absolute atomic E-state index is 0.0256. The Kier molecular flexibility index (Phi) is 7.79. The molecule has 1 aliphatic rings. The molecule has 0 radical (unpaired) electrons. The molecule has 0 unspecified atom stereocenters. The third kappa shape index (κ3) is 6.14. The molecular formula is C24H32N2O3. The van der Waals surface area contributed by atoms with Crippen LogP contribution in [0.15, 0.2) is 42.5 Å². The van der Waals surface area contributed by atoms with E-state index in [1.165, 1.54) is 43.6 Å². The maximum absolute atomic E-state index is 12.2. The summed E-state index contributed by atoms with van der Waals surface area (Å²) in [4.78, 5) is 14.7. The molecule has 1 aliphatic heterocycles. The molecule has 5 nitrogen and oxygen atoms in total. The average Bonchev–Trinajstić information content (AvgIpc) is 2.77. The van der Waals surface area contributed by atoms with E-state index in [-0.39, 0.29) is 5.91 Å². The quantitative estimate of drug-likeness (QED) is 0.651. The number of nitrogens with one attached hydrogen (secondary N) is 1. The van der Waals surface area contributed by atoms with E-state index >= 15 is 0 Å². The van der Waals surface area contributed by atoms with Crippen LogP contribution in [0.4, 0.5) is 5.69 Å². The summed E-state index contributed by atoms with van der Waals surface area (Å²) in [5.41, 5.74) is 3.56. The molecule has 1 heterocycles. The number of hydrogen-bond donors (Lipinski definition) is 1. The highest BCUT2D eigenvalue weighted by Gasteiger charge is 2.11. The number of carbonyl (C=O) groups is 1. The summed E-state index contributed by atoms with van der Waals surface area (Å²) >= 11 is 0. The van der Waals surface area contributed by atoms with Crippen molar-refractivity contribution in [3.05, 3.63) is 53.6 Å². The van der Waals surface area contributed by atoms with Gasteiger partial charge in [0.15, 0.2) is 11.5 Å². The molecule has 1 fully saturated rings. The second kappa shape index (κ2) is 10.7. The Morgan fingerprint density at radius 3 is 2.31 bits per heavy atom. The van der Waals surface area contributed by atoms with Crippen LogP contribution < -0.4 is 19.7 Å². The number of anilines is 1. The van der Waals surface area contributed by atoms with Gasteiger partial charge in [-0.15, -0.1) is 0 Å².